The molecule has 3 heterocycles. The van der Waals surface area contributed by atoms with Crippen molar-refractivity contribution in [3.63, 3.8) is 0 Å². The number of ether oxygens (including phenoxy) is 2. The highest BCUT2D eigenvalue weighted by Crippen LogP contribution is 2.71. The van der Waals surface area contributed by atoms with Crippen molar-refractivity contribution in [3.8, 4) is 5.75 Å². The van der Waals surface area contributed by atoms with Crippen LogP contribution in [0.2, 0.25) is 0 Å². The lowest BCUT2D eigenvalue weighted by molar-refractivity contribution is -0.491. The molecule has 4 aliphatic rings. The van der Waals surface area contributed by atoms with Gasteiger partial charge in [-0.1, -0.05) is 59.6 Å². The Bertz CT molecular complexity index is 1790. The number of nitrogens with zero attached hydrogens (tertiary/aromatic N) is 2. The SMILES string of the molecule is COC1(O)C2(C)c3c(cc(C)c4c(C)cccc34)C3=[N+](C=NC4c5ccc6ccccc6c5OC34)C12C. The summed E-state index contributed by atoms with van der Waals surface area (Å²) >= 11 is 0. The second-order valence-electron chi connectivity index (χ2n) is 11.4. The van der Waals surface area contributed by atoms with E-state index in [4.69, 9.17) is 14.5 Å². The van der Waals surface area contributed by atoms with Crippen molar-refractivity contribution in [1.82, 2.24) is 0 Å². The number of aryl methyl sites for hydroxylation is 2. The molecule has 0 aromatic heterocycles. The van der Waals surface area contributed by atoms with Gasteiger partial charge in [-0.25, -0.2) is 4.58 Å². The molecule has 4 aromatic rings. The molecule has 0 amide bonds. The molecule has 0 bridgehead atoms. The number of methoxy groups -OCH3 is 1. The Morgan fingerprint density at radius 1 is 0.973 bits per heavy atom. The lowest BCUT2D eigenvalue weighted by Gasteiger charge is -2.32. The van der Waals surface area contributed by atoms with Gasteiger partial charge in [0, 0.05) is 23.6 Å². The van der Waals surface area contributed by atoms with Gasteiger partial charge in [-0.05, 0) is 66.6 Å². The molecule has 1 fully saturated rings. The van der Waals surface area contributed by atoms with E-state index < -0.39 is 16.7 Å². The molecule has 3 aliphatic heterocycles. The third-order valence-corrected chi connectivity index (χ3v) is 10.0. The number of hydrogen-bond donors (Lipinski definition) is 1. The van der Waals surface area contributed by atoms with Crippen molar-refractivity contribution in [2.24, 2.45) is 4.99 Å². The van der Waals surface area contributed by atoms with Crippen LogP contribution >= 0.6 is 0 Å². The van der Waals surface area contributed by atoms with Gasteiger partial charge in [0.05, 0.1) is 0 Å². The van der Waals surface area contributed by atoms with Crippen LogP contribution in [-0.4, -0.2) is 46.3 Å². The van der Waals surface area contributed by atoms with Crippen molar-refractivity contribution in [1.29, 1.82) is 0 Å². The summed E-state index contributed by atoms with van der Waals surface area (Å²) in [6, 6.07) is 21.3. The molecular weight excluding hydrogens is 460 g/mol. The summed E-state index contributed by atoms with van der Waals surface area (Å²) in [5.41, 5.74) is 5.45. The van der Waals surface area contributed by atoms with Gasteiger partial charge < -0.3 is 14.6 Å². The molecule has 0 radical (unpaired) electrons. The monoisotopic (exact) mass is 489 g/mol. The largest absolute Gasteiger partial charge is 0.476 e. The van der Waals surface area contributed by atoms with Gasteiger partial charge in [0.2, 0.25) is 17.9 Å². The Morgan fingerprint density at radius 3 is 2.57 bits per heavy atom. The molecular formula is C32H29N2O3+. The van der Waals surface area contributed by atoms with E-state index in [1.54, 1.807) is 7.11 Å². The summed E-state index contributed by atoms with van der Waals surface area (Å²) in [4.78, 5) is 5.04. The van der Waals surface area contributed by atoms with Crippen LogP contribution in [0.5, 0.6) is 5.75 Å². The topological polar surface area (TPSA) is 54.1 Å². The van der Waals surface area contributed by atoms with Gasteiger partial charge in [0.1, 0.15) is 11.2 Å². The minimum absolute atomic E-state index is 0.144. The fraction of sp³-hybridized carbons (Fsp3) is 0.312. The molecule has 5 heteroatoms. The molecule has 5 atom stereocenters. The van der Waals surface area contributed by atoms with Gasteiger partial charge in [-0.3, -0.25) is 0 Å². The fourth-order valence-corrected chi connectivity index (χ4v) is 8.01. The number of rotatable bonds is 1. The smallest absolute Gasteiger partial charge is 0.282 e. The third kappa shape index (κ3) is 2.11. The van der Waals surface area contributed by atoms with E-state index in [1.165, 1.54) is 21.9 Å². The van der Waals surface area contributed by atoms with E-state index >= 15 is 0 Å². The predicted octanol–water partition coefficient (Wildman–Crippen LogP) is 5.33. The molecule has 0 spiro atoms. The second kappa shape index (κ2) is 6.47. The molecule has 1 aliphatic carbocycles. The fourth-order valence-electron chi connectivity index (χ4n) is 8.01. The molecule has 37 heavy (non-hydrogen) atoms. The van der Waals surface area contributed by atoms with Crippen LogP contribution in [0.25, 0.3) is 21.5 Å². The quantitative estimate of drug-likeness (QED) is 0.290. The predicted molar refractivity (Wildman–Crippen MR) is 145 cm³/mol. The van der Waals surface area contributed by atoms with Crippen LogP contribution in [0.3, 0.4) is 0 Å². The number of fused-ring (bicyclic) bond motifs is 13. The summed E-state index contributed by atoms with van der Waals surface area (Å²) in [6.45, 7) is 8.55. The van der Waals surface area contributed by atoms with Crippen LogP contribution in [0.15, 0.2) is 65.7 Å². The molecule has 5 unspecified atom stereocenters. The summed E-state index contributed by atoms with van der Waals surface area (Å²) in [7, 11) is 1.60. The molecule has 0 saturated heterocycles. The van der Waals surface area contributed by atoms with Gasteiger partial charge in [0.25, 0.3) is 6.34 Å². The molecule has 1 saturated carbocycles. The minimum Gasteiger partial charge on any atom is -0.476 e. The zero-order chi connectivity index (χ0) is 25.5. The first-order chi connectivity index (χ1) is 17.8. The second-order valence-corrected chi connectivity index (χ2v) is 11.4. The normalized spacial score (nSPS) is 32.5. The summed E-state index contributed by atoms with van der Waals surface area (Å²) in [5.74, 6) is -0.481. The Morgan fingerprint density at radius 2 is 1.76 bits per heavy atom. The molecule has 184 valence electrons. The number of hydrogen-bond acceptors (Lipinski definition) is 4. The lowest BCUT2D eigenvalue weighted by Crippen LogP contribution is -2.50. The van der Waals surface area contributed by atoms with Crippen molar-refractivity contribution in [2.75, 3.05) is 7.11 Å². The van der Waals surface area contributed by atoms with E-state index in [0.717, 1.165) is 38.9 Å². The van der Waals surface area contributed by atoms with E-state index in [2.05, 4.69) is 92.9 Å². The van der Waals surface area contributed by atoms with E-state index in [-0.39, 0.29) is 12.1 Å². The maximum atomic E-state index is 12.1. The first kappa shape index (κ1) is 21.5. The Labute approximate surface area is 215 Å². The maximum Gasteiger partial charge on any atom is 0.282 e. The highest BCUT2D eigenvalue weighted by Gasteiger charge is 2.92. The number of benzene rings is 4. The summed E-state index contributed by atoms with van der Waals surface area (Å²) in [6.07, 6.45) is 1.62. The van der Waals surface area contributed by atoms with Crippen LogP contribution in [0.1, 0.15) is 47.7 Å². The van der Waals surface area contributed by atoms with E-state index in [1.807, 2.05) is 6.34 Å². The van der Waals surface area contributed by atoms with Crippen LogP contribution in [0, 0.1) is 13.8 Å². The zero-order valence-corrected chi connectivity index (χ0v) is 21.7. The average molecular weight is 490 g/mol. The zero-order valence-electron chi connectivity index (χ0n) is 21.7. The Balaban J connectivity index is 1.46. The van der Waals surface area contributed by atoms with Crippen LogP contribution in [-0.2, 0) is 10.2 Å². The lowest BCUT2D eigenvalue weighted by atomic mass is 9.77. The van der Waals surface area contributed by atoms with E-state index in [0.29, 0.717) is 0 Å². The number of aliphatic imine (C=N–C) groups is 1. The molecule has 8 rings (SSSR count). The van der Waals surface area contributed by atoms with Gasteiger partial charge in [-0.15, -0.1) is 0 Å². The highest BCUT2D eigenvalue weighted by molar-refractivity contribution is 6.12. The Hall–Kier alpha value is -3.54. The Kier molecular flexibility index (Phi) is 3.77. The van der Waals surface area contributed by atoms with Crippen molar-refractivity contribution in [3.05, 3.63) is 88.5 Å². The molecule has 5 nitrogen and oxygen atoms in total. The standard InChI is InChI=1S/C32H29N2O3/c1-17-9-8-12-21-24(17)18(2)15-23-25(21)30(3)31(4,32(30,35)36-5)34-16-33-26-22-14-13-19-10-6-7-11-20(19)28(22)37-29(26)27(23)34/h6-16,26,29,35H,1-5H3/q+1. The van der Waals surface area contributed by atoms with Gasteiger partial charge >= 0.3 is 0 Å². The summed E-state index contributed by atoms with van der Waals surface area (Å²) in [5, 5.41) is 16.7. The minimum atomic E-state index is -1.39. The average Bonchev–Trinajstić information content (AvgIpc) is 3.15. The number of aliphatic hydroxyl groups is 1. The molecule has 4 aromatic carbocycles. The van der Waals surface area contributed by atoms with Crippen LogP contribution in [0.4, 0.5) is 0 Å². The maximum absolute atomic E-state index is 12.1. The molecule has 1 N–H and O–H groups in total. The van der Waals surface area contributed by atoms with E-state index in [9.17, 15) is 5.11 Å². The summed E-state index contributed by atoms with van der Waals surface area (Å²) < 4.78 is 15.0. The van der Waals surface area contributed by atoms with Gasteiger partial charge in [-0.2, -0.15) is 0 Å². The van der Waals surface area contributed by atoms with Crippen molar-refractivity contribution < 1.29 is 19.2 Å². The van der Waals surface area contributed by atoms with Crippen molar-refractivity contribution >= 4 is 33.6 Å². The van der Waals surface area contributed by atoms with Crippen molar-refractivity contribution in [2.45, 2.75) is 56.6 Å². The third-order valence-electron chi connectivity index (χ3n) is 10.0. The van der Waals surface area contributed by atoms with Gasteiger partial charge in [0.15, 0.2) is 11.3 Å². The highest BCUT2D eigenvalue weighted by atomic mass is 16.6. The first-order valence-electron chi connectivity index (χ1n) is 13.0. The first-order valence-corrected chi connectivity index (χ1v) is 13.0. The van der Waals surface area contributed by atoms with Crippen LogP contribution < -0.4 is 4.74 Å².